The van der Waals surface area contributed by atoms with Crippen LogP contribution in [0.4, 0.5) is 0 Å². The molecule has 0 aliphatic carbocycles. The number of carbonyl (C=O) groups excluding carboxylic acids is 1. The summed E-state index contributed by atoms with van der Waals surface area (Å²) in [6, 6.07) is 3.90. The number of aliphatic carboxylic acids is 1. The Morgan fingerprint density at radius 1 is 1.33 bits per heavy atom. The monoisotopic (exact) mass is 291 g/mol. The Kier molecular flexibility index (Phi) is 4.44. The lowest BCUT2D eigenvalue weighted by Gasteiger charge is -2.05. The Bertz CT molecular complexity index is 596. The molecule has 8 heteroatoms. The number of ketones is 1. The second-order valence-corrected chi connectivity index (χ2v) is 5.53. The predicted octanol–water partition coefficient (Wildman–Crippen LogP) is 0.574. The first-order valence-corrected chi connectivity index (χ1v) is 6.67. The van der Waals surface area contributed by atoms with Crippen molar-refractivity contribution in [3.05, 3.63) is 28.8 Å². The van der Waals surface area contributed by atoms with E-state index in [1.54, 1.807) is 0 Å². The summed E-state index contributed by atoms with van der Waals surface area (Å²) in [5.74, 6) is -1.77. The van der Waals surface area contributed by atoms with Crippen molar-refractivity contribution >= 4 is 33.4 Å². The number of carbonyl (C=O) groups is 2. The number of carboxylic acids is 1. The summed E-state index contributed by atoms with van der Waals surface area (Å²) in [4.78, 5) is 21.3. The first kappa shape index (κ1) is 14.6. The van der Waals surface area contributed by atoms with Gasteiger partial charge in [0.25, 0.3) is 0 Å². The molecule has 1 aromatic rings. The van der Waals surface area contributed by atoms with Crippen molar-refractivity contribution in [1.82, 2.24) is 0 Å². The van der Waals surface area contributed by atoms with Gasteiger partial charge in [-0.15, -0.1) is 0 Å². The zero-order chi connectivity index (χ0) is 13.9. The van der Waals surface area contributed by atoms with Gasteiger partial charge in [-0.25, -0.2) is 13.6 Å². The van der Waals surface area contributed by atoms with Crippen LogP contribution in [0.15, 0.2) is 23.1 Å². The number of primary sulfonamides is 1. The van der Waals surface area contributed by atoms with Crippen LogP contribution < -0.4 is 5.14 Å². The van der Waals surface area contributed by atoms with E-state index in [2.05, 4.69) is 0 Å². The van der Waals surface area contributed by atoms with Crippen molar-refractivity contribution in [2.24, 2.45) is 5.14 Å². The molecule has 0 heterocycles. The van der Waals surface area contributed by atoms with Crippen molar-refractivity contribution in [2.75, 3.05) is 0 Å². The third-order valence-corrected chi connectivity index (χ3v) is 3.44. The van der Waals surface area contributed by atoms with E-state index < -0.39 is 28.2 Å². The predicted molar refractivity (Wildman–Crippen MR) is 63.8 cm³/mol. The highest BCUT2D eigenvalue weighted by Crippen LogP contribution is 2.21. The van der Waals surface area contributed by atoms with Gasteiger partial charge >= 0.3 is 5.97 Å². The highest BCUT2D eigenvalue weighted by molar-refractivity contribution is 7.89. The minimum Gasteiger partial charge on any atom is -0.481 e. The summed E-state index contributed by atoms with van der Waals surface area (Å²) in [6.45, 7) is 0. The van der Waals surface area contributed by atoms with E-state index >= 15 is 0 Å². The number of nitrogens with two attached hydrogens (primary N) is 1. The molecule has 0 radical (unpaired) electrons. The van der Waals surface area contributed by atoms with Crippen molar-refractivity contribution in [3.63, 3.8) is 0 Å². The second-order valence-electron chi connectivity index (χ2n) is 3.60. The van der Waals surface area contributed by atoms with Gasteiger partial charge in [0.05, 0.1) is 5.02 Å². The van der Waals surface area contributed by atoms with Crippen LogP contribution in [-0.4, -0.2) is 25.3 Å². The molecule has 0 amide bonds. The topological polar surface area (TPSA) is 115 Å². The summed E-state index contributed by atoms with van der Waals surface area (Å²) in [5, 5.41) is 13.3. The normalized spacial score (nSPS) is 11.2. The van der Waals surface area contributed by atoms with Crippen LogP contribution in [0, 0.1) is 0 Å². The van der Waals surface area contributed by atoms with Gasteiger partial charge in [0.2, 0.25) is 10.0 Å². The average molecular weight is 292 g/mol. The van der Waals surface area contributed by atoms with Gasteiger partial charge in [-0.05, 0) is 17.7 Å². The fourth-order valence-electron chi connectivity index (χ4n) is 1.33. The third kappa shape index (κ3) is 4.10. The molecule has 1 rings (SSSR count). The zero-order valence-electron chi connectivity index (χ0n) is 9.09. The largest absolute Gasteiger partial charge is 0.481 e. The highest BCUT2D eigenvalue weighted by atomic mass is 35.5. The molecule has 0 aliphatic heterocycles. The molecule has 0 saturated heterocycles. The lowest BCUT2D eigenvalue weighted by atomic mass is 10.1. The molecular weight excluding hydrogens is 282 g/mol. The Hall–Kier alpha value is -1.44. The van der Waals surface area contributed by atoms with Crippen molar-refractivity contribution in [1.29, 1.82) is 0 Å². The van der Waals surface area contributed by atoms with Gasteiger partial charge in [-0.3, -0.25) is 9.59 Å². The van der Waals surface area contributed by atoms with Gasteiger partial charge in [0.15, 0.2) is 0 Å². The maximum Gasteiger partial charge on any atom is 0.310 e. The first-order valence-electron chi connectivity index (χ1n) is 4.75. The molecule has 0 spiro atoms. The number of hydrogen-bond acceptors (Lipinski definition) is 4. The van der Waals surface area contributed by atoms with Crippen LogP contribution in [0.3, 0.4) is 0 Å². The summed E-state index contributed by atoms with van der Waals surface area (Å²) in [7, 11) is -3.97. The van der Waals surface area contributed by atoms with Crippen LogP contribution in [0.25, 0.3) is 0 Å². The van der Waals surface area contributed by atoms with Gasteiger partial charge in [-0.2, -0.15) is 0 Å². The van der Waals surface area contributed by atoms with E-state index in [-0.39, 0.29) is 16.3 Å². The molecule has 6 nitrogen and oxygen atoms in total. The van der Waals surface area contributed by atoms with Crippen LogP contribution in [0.5, 0.6) is 0 Å². The fraction of sp³-hybridized carbons (Fsp3) is 0.200. The summed E-state index contributed by atoms with van der Waals surface area (Å²) in [5.41, 5.74) is 0.342. The molecule has 0 aromatic heterocycles. The molecule has 98 valence electrons. The Labute approximate surface area is 108 Å². The number of sulfonamides is 1. The number of halogens is 1. The van der Waals surface area contributed by atoms with E-state index in [0.29, 0.717) is 5.56 Å². The van der Waals surface area contributed by atoms with E-state index in [4.69, 9.17) is 21.8 Å². The highest BCUT2D eigenvalue weighted by Gasteiger charge is 2.15. The van der Waals surface area contributed by atoms with Crippen LogP contribution in [-0.2, 0) is 26.0 Å². The molecule has 3 N–H and O–H groups in total. The number of hydrogen-bond donors (Lipinski definition) is 2. The SMILES string of the molecule is NS(=O)(=O)c1cc(CC(=O)CC(=O)O)ccc1Cl. The van der Waals surface area contributed by atoms with E-state index in [1.807, 2.05) is 0 Å². The Morgan fingerprint density at radius 3 is 2.44 bits per heavy atom. The fourth-order valence-corrected chi connectivity index (χ4v) is 2.43. The molecule has 0 saturated carbocycles. The average Bonchev–Trinajstić information content (AvgIpc) is 2.17. The molecule has 1 aromatic carbocycles. The van der Waals surface area contributed by atoms with Gasteiger partial charge < -0.3 is 5.11 Å². The molecule has 18 heavy (non-hydrogen) atoms. The minimum absolute atomic E-state index is 0.0491. The summed E-state index contributed by atoms with van der Waals surface area (Å²) in [6.07, 6.45) is -0.806. The third-order valence-electron chi connectivity index (χ3n) is 2.05. The smallest absolute Gasteiger partial charge is 0.310 e. The van der Waals surface area contributed by atoms with Gasteiger partial charge in [0, 0.05) is 6.42 Å². The number of carboxylic acid groups (broad SMARTS) is 1. The van der Waals surface area contributed by atoms with Crippen molar-refractivity contribution < 1.29 is 23.1 Å². The summed E-state index contributed by atoms with van der Waals surface area (Å²) >= 11 is 5.66. The molecule has 0 aliphatic rings. The van der Waals surface area contributed by atoms with Crippen molar-refractivity contribution in [3.8, 4) is 0 Å². The van der Waals surface area contributed by atoms with E-state index in [0.717, 1.165) is 6.07 Å². The summed E-state index contributed by atoms with van der Waals surface area (Å²) < 4.78 is 22.4. The number of Topliss-reactive ketones (excluding diaryl/α,β-unsaturated/α-hetero) is 1. The minimum atomic E-state index is -3.97. The zero-order valence-corrected chi connectivity index (χ0v) is 10.7. The maximum atomic E-state index is 11.3. The van der Waals surface area contributed by atoms with Crippen LogP contribution in [0.1, 0.15) is 12.0 Å². The standard InChI is InChI=1S/C10H10ClNO5S/c11-8-2-1-6(3-7(13)5-10(14)15)4-9(8)18(12,16)17/h1-2,4H,3,5H2,(H,14,15)(H2,12,16,17). The van der Waals surface area contributed by atoms with Crippen LogP contribution in [0.2, 0.25) is 5.02 Å². The van der Waals surface area contributed by atoms with Crippen molar-refractivity contribution in [2.45, 2.75) is 17.7 Å². The Morgan fingerprint density at radius 2 is 1.94 bits per heavy atom. The molecular formula is C10H10ClNO5S. The Balaban J connectivity index is 3.00. The van der Waals surface area contributed by atoms with Gasteiger partial charge in [-0.1, -0.05) is 17.7 Å². The lowest BCUT2D eigenvalue weighted by Crippen LogP contribution is -2.14. The van der Waals surface area contributed by atoms with E-state index in [1.165, 1.54) is 12.1 Å². The lowest BCUT2D eigenvalue weighted by molar-refractivity contribution is -0.140. The molecule has 0 bridgehead atoms. The quantitative estimate of drug-likeness (QED) is 0.770. The first-order chi connectivity index (χ1) is 8.20. The van der Waals surface area contributed by atoms with Gasteiger partial charge in [0.1, 0.15) is 17.1 Å². The maximum absolute atomic E-state index is 11.3. The molecule has 0 unspecified atom stereocenters. The molecule has 0 atom stereocenters. The number of rotatable bonds is 5. The molecule has 0 fully saturated rings. The van der Waals surface area contributed by atoms with E-state index in [9.17, 15) is 18.0 Å². The second kappa shape index (κ2) is 5.47. The van der Waals surface area contributed by atoms with Crippen LogP contribution >= 0.6 is 11.6 Å². The number of benzene rings is 1.